The van der Waals surface area contributed by atoms with E-state index in [0.29, 0.717) is 25.6 Å². The second kappa shape index (κ2) is 8.34. The molecule has 5 aromatic rings. The fourth-order valence-corrected chi connectivity index (χ4v) is 3.62. The maximum Gasteiger partial charge on any atom is 0.152 e. The Bertz CT molecular complexity index is 1390. The largest absolute Gasteiger partial charge is 0.382 e. The normalized spacial score (nSPS) is 11.0. The Labute approximate surface area is 179 Å². The molecule has 6 heteroatoms. The van der Waals surface area contributed by atoms with Gasteiger partial charge in [0.1, 0.15) is 12.1 Å². The fraction of sp³-hybridized carbons (Fsp3) is 0.120. The summed E-state index contributed by atoms with van der Waals surface area (Å²) in [6.45, 7) is 1.57. The Balaban J connectivity index is 1.21. The molecular weight excluding hydrogens is 386 g/mol. The zero-order valence-corrected chi connectivity index (χ0v) is 16.9. The number of pyridine rings is 1. The lowest BCUT2D eigenvalue weighted by molar-refractivity contribution is 0.158. The summed E-state index contributed by atoms with van der Waals surface area (Å²) in [5.41, 5.74) is 10.7. The second-order valence-corrected chi connectivity index (χ2v) is 7.14. The van der Waals surface area contributed by atoms with Gasteiger partial charge in [0.15, 0.2) is 5.82 Å². The molecular formula is C25H21N5O. The van der Waals surface area contributed by atoms with Crippen molar-refractivity contribution in [3.63, 3.8) is 0 Å². The minimum Gasteiger partial charge on any atom is -0.382 e. The van der Waals surface area contributed by atoms with Crippen molar-refractivity contribution in [2.45, 2.75) is 6.54 Å². The van der Waals surface area contributed by atoms with Crippen LogP contribution in [0.3, 0.4) is 0 Å². The number of nitrogen functional groups attached to an aromatic ring is 1. The molecule has 0 bridgehead atoms. The number of fused-ring (bicyclic) bond motifs is 3. The summed E-state index contributed by atoms with van der Waals surface area (Å²) < 4.78 is 9.85. The number of imidazole rings is 1. The smallest absolute Gasteiger partial charge is 0.152 e. The maximum absolute atomic E-state index is 6.08. The van der Waals surface area contributed by atoms with Crippen molar-refractivity contribution >= 4 is 27.8 Å². The van der Waals surface area contributed by atoms with E-state index in [1.807, 2.05) is 60.9 Å². The van der Waals surface area contributed by atoms with Gasteiger partial charge in [-0.05, 0) is 42.5 Å². The first kappa shape index (κ1) is 18.9. The first-order chi connectivity index (χ1) is 15.3. The minimum absolute atomic E-state index is 0.371. The SMILES string of the molecule is Nc1nc2ccccc2c2c1ncn2CCOCC#Cc1ccc(-n2cccc2)cc1. The van der Waals surface area contributed by atoms with Crippen LogP contribution in [0.4, 0.5) is 5.82 Å². The van der Waals surface area contributed by atoms with Crippen molar-refractivity contribution in [2.75, 3.05) is 18.9 Å². The number of aromatic nitrogens is 4. The lowest BCUT2D eigenvalue weighted by atomic mass is 10.2. The third kappa shape index (κ3) is 3.87. The predicted molar refractivity (Wildman–Crippen MR) is 123 cm³/mol. The summed E-state index contributed by atoms with van der Waals surface area (Å²) in [4.78, 5) is 8.88. The zero-order valence-electron chi connectivity index (χ0n) is 16.9. The molecule has 3 heterocycles. The van der Waals surface area contributed by atoms with E-state index in [9.17, 15) is 0 Å². The molecule has 31 heavy (non-hydrogen) atoms. The number of rotatable bonds is 5. The molecule has 2 aromatic carbocycles. The molecule has 0 unspecified atom stereocenters. The van der Waals surface area contributed by atoms with Crippen molar-refractivity contribution in [3.05, 3.63) is 84.9 Å². The highest BCUT2D eigenvalue weighted by molar-refractivity contribution is 6.06. The number of anilines is 1. The van der Waals surface area contributed by atoms with Crippen LogP contribution in [-0.2, 0) is 11.3 Å². The number of benzene rings is 2. The fourth-order valence-electron chi connectivity index (χ4n) is 3.62. The van der Waals surface area contributed by atoms with Crippen LogP contribution in [0.2, 0.25) is 0 Å². The monoisotopic (exact) mass is 407 g/mol. The molecule has 0 saturated carbocycles. The van der Waals surface area contributed by atoms with Gasteiger partial charge >= 0.3 is 0 Å². The third-order valence-corrected chi connectivity index (χ3v) is 5.13. The van der Waals surface area contributed by atoms with Crippen molar-refractivity contribution < 1.29 is 4.74 Å². The van der Waals surface area contributed by atoms with E-state index < -0.39 is 0 Å². The van der Waals surface area contributed by atoms with E-state index in [-0.39, 0.29) is 0 Å². The number of hydrogen-bond donors (Lipinski definition) is 1. The highest BCUT2D eigenvalue weighted by atomic mass is 16.5. The van der Waals surface area contributed by atoms with Crippen LogP contribution in [-0.4, -0.2) is 32.3 Å². The van der Waals surface area contributed by atoms with E-state index in [0.717, 1.165) is 33.2 Å². The number of hydrogen-bond acceptors (Lipinski definition) is 4. The molecule has 0 amide bonds. The average Bonchev–Trinajstić information content (AvgIpc) is 3.48. The van der Waals surface area contributed by atoms with Gasteiger partial charge in [-0.3, -0.25) is 0 Å². The van der Waals surface area contributed by atoms with Crippen molar-refractivity contribution in [2.24, 2.45) is 0 Å². The van der Waals surface area contributed by atoms with Gasteiger partial charge in [0.2, 0.25) is 0 Å². The van der Waals surface area contributed by atoms with Gasteiger partial charge < -0.3 is 19.6 Å². The number of para-hydroxylation sites is 1. The quantitative estimate of drug-likeness (QED) is 0.353. The van der Waals surface area contributed by atoms with Crippen LogP contribution in [0.5, 0.6) is 0 Å². The van der Waals surface area contributed by atoms with E-state index in [1.54, 1.807) is 6.33 Å². The lowest BCUT2D eigenvalue weighted by Gasteiger charge is -2.07. The first-order valence-corrected chi connectivity index (χ1v) is 10.1. The maximum atomic E-state index is 6.08. The van der Waals surface area contributed by atoms with Crippen LogP contribution in [0.25, 0.3) is 27.6 Å². The van der Waals surface area contributed by atoms with E-state index in [1.165, 1.54) is 0 Å². The predicted octanol–water partition coefficient (Wildman–Crippen LogP) is 4.03. The highest BCUT2D eigenvalue weighted by Crippen LogP contribution is 2.26. The van der Waals surface area contributed by atoms with Crippen molar-refractivity contribution in [1.29, 1.82) is 0 Å². The lowest BCUT2D eigenvalue weighted by Crippen LogP contribution is -2.06. The summed E-state index contributed by atoms with van der Waals surface area (Å²) in [5, 5.41) is 1.03. The Morgan fingerprint density at radius 2 is 1.77 bits per heavy atom. The van der Waals surface area contributed by atoms with Crippen LogP contribution >= 0.6 is 0 Å². The molecule has 0 atom stereocenters. The Morgan fingerprint density at radius 3 is 2.61 bits per heavy atom. The van der Waals surface area contributed by atoms with Crippen LogP contribution in [0, 0.1) is 11.8 Å². The minimum atomic E-state index is 0.371. The van der Waals surface area contributed by atoms with Crippen LogP contribution < -0.4 is 5.73 Å². The van der Waals surface area contributed by atoms with Crippen LogP contribution in [0.15, 0.2) is 79.4 Å². The Kier molecular flexibility index (Phi) is 5.09. The number of ether oxygens (including phenoxy) is 1. The Hall–Kier alpha value is -4.08. The number of nitrogens with zero attached hydrogens (tertiary/aromatic N) is 4. The van der Waals surface area contributed by atoms with Gasteiger partial charge in [0.25, 0.3) is 0 Å². The van der Waals surface area contributed by atoms with Crippen LogP contribution in [0.1, 0.15) is 5.56 Å². The van der Waals surface area contributed by atoms with E-state index in [2.05, 4.69) is 43.1 Å². The molecule has 5 rings (SSSR count). The summed E-state index contributed by atoms with van der Waals surface area (Å²) in [6, 6.07) is 20.1. The zero-order chi connectivity index (χ0) is 21.0. The van der Waals surface area contributed by atoms with Gasteiger partial charge in [-0.1, -0.05) is 30.0 Å². The van der Waals surface area contributed by atoms with E-state index in [4.69, 9.17) is 10.5 Å². The summed E-state index contributed by atoms with van der Waals surface area (Å²) >= 11 is 0. The molecule has 3 aromatic heterocycles. The van der Waals surface area contributed by atoms with E-state index >= 15 is 0 Å². The van der Waals surface area contributed by atoms with Crippen molar-refractivity contribution in [1.82, 2.24) is 19.1 Å². The molecule has 2 N–H and O–H groups in total. The summed E-state index contributed by atoms with van der Waals surface area (Å²) in [5.74, 6) is 6.67. The van der Waals surface area contributed by atoms with Gasteiger partial charge in [0, 0.05) is 35.6 Å². The molecule has 0 aliphatic heterocycles. The molecule has 0 aliphatic carbocycles. The van der Waals surface area contributed by atoms with Crippen molar-refractivity contribution in [3.8, 4) is 17.5 Å². The molecule has 0 fully saturated rings. The molecule has 0 aliphatic rings. The number of nitrogens with two attached hydrogens (primary N) is 1. The second-order valence-electron chi connectivity index (χ2n) is 7.14. The highest BCUT2D eigenvalue weighted by Gasteiger charge is 2.11. The van der Waals surface area contributed by atoms with Gasteiger partial charge in [0.05, 0.1) is 24.0 Å². The summed E-state index contributed by atoms with van der Waals surface area (Å²) in [6.07, 6.45) is 5.83. The first-order valence-electron chi connectivity index (χ1n) is 10.1. The molecule has 0 saturated heterocycles. The van der Waals surface area contributed by atoms with Gasteiger partial charge in [-0.15, -0.1) is 0 Å². The molecule has 0 spiro atoms. The standard InChI is InChI=1S/C25H21N5O/c26-25-23-24(21-7-1-2-8-22(21)28-25)30(18-27-23)15-17-31-16-5-6-19-9-11-20(12-10-19)29-13-3-4-14-29/h1-4,7-14,18H,15-17H2,(H2,26,28). The molecule has 6 nitrogen and oxygen atoms in total. The molecule has 152 valence electrons. The molecule has 0 radical (unpaired) electrons. The summed E-state index contributed by atoms with van der Waals surface area (Å²) in [7, 11) is 0. The Morgan fingerprint density at radius 1 is 0.968 bits per heavy atom. The average molecular weight is 407 g/mol. The van der Waals surface area contributed by atoms with Gasteiger partial charge in [-0.2, -0.15) is 0 Å². The van der Waals surface area contributed by atoms with Gasteiger partial charge in [-0.25, -0.2) is 9.97 Å². The topological polar surface area (TPSA) is 70.9 Å². The third-order valence-electron chi connectivity index (χ3n) is 5.13.